The summed E-state index contributed by atoms with van der Waals surface area (Å²) in [6.45, 7) is 5.93. The van der Waals surface area contributed by atoms with Crippen molar-refractivity contribution in [3.8, 4) is 5.75 Å². The summed E-state index contributed by atoms with van der Waals surface area (Å²) in [5, 5.41) is 3.43. The van der Waals surface area contributed by atoms with Crippen LogP contribution in [0, 0.1) is 0 Å². The molecule has 2 aliphatic rings. The lowest BCUT2D eigenvalue weighted by atomic mass is 9.71. The average molecular weight is 508 g/mol. The molecule has 0 bridgehead atoms. The Morgan fingerprint density at radius 3 is 2.29 bits per heavy atom. The molecule has 0 amide bonds. The minimum absolute atomic E-state index is 0.0396. The molecule has 0 spiro atoms. The van der Waals surface area contributed by atoms with E-state index in [1.54, 1.807) is 0 Å². The van der Waals surface area contributed by atoms with Crippen LogP contribution < -0.4 is 10.1 Å². The minimum atomic E-state index is -0.575. The molecule has 3 aromatic carbocycles. The molecule has 5 rings (SSSR count). The van der Waals surface area contributed by atoms with Crippen LogP contribution in [-0.4, -0.2) is 17.9 Å². The van der Waals surface area contributed by atoms with Crippen molar-refractivity contribution in [2.24, 2.45) is 0 Å². The number of nitrogens with one attached hydrogen (secondary N) is 1. The highest BCUT2D eigenvalue weighted by Gasteiger charge is 2.42. The van der Waals surface area contributed by atoms with Gasteiger partial charge in [-0.15, -0.1) is 0 Å². The summed E-state index contributed by atoms with van der Waals surface area (Å²) in [4.78, 5) is 27.3. The molecule has 0 saturated carbocycles. The number of para-hydroxylation sites is 1. The zero-order chi connectivity index (χ0) is 26.6. The minimum Gasteiger partial charge on any atom is -0.489 e. The highest BCUT2D eigenvalue weighted by atomic mass is 16.5. The quantitative estimate of drug-likeness (QED) is 0.366. The van der Waals surface area contributed by atoms with Crippen LogP contribution in [0.2, 0.25) is 0 Å². The summed E-state index contributed by atoms with van der Waals surface area (Å²) >= 11 is 0. The van der Waals surface area contributed by atoms with E-state index in [0.717, 1.165) is 22.4 Å². The summed E-state index contributed by atoms with van der Waals surface area (Å²) in [5.74, 6) is -0.225. The summed E-state index contributed by atoms with van der Waals surface area (Å²) in [6, 6.07) is 27.8. The van der Waals surface area contributed by atoms with Crippen LogP contribution in [0.5, 0.6) is 5.75 Å². The fourth-order valence-electron chi connectivity index (χ4n) is 5.44. The maximum atomic E-state index is 13.9. The van der Waals surface area contributed by atoms with E-state index in [-0.39, 0.29) is 17.8 Å². The number of ether oxygens (including phenoxy) is 2. The molecule has 3 aromatic rings. The summed E-state index contributed by atoms with van der Waals surface area (Å²) in [5.41, 5.74) is 5.64. The Morgan fingerprint density at radius 2 is 1.58 bits per heavy atom. The van der Waals surface area contributed by atoms with Crippen LogP contribution >= 0.6 is 0 Å². The Hall–Kier alpha value is -4.12. The first-order chi connectivity index (χ1) is 18.4. The van der Waals surface area contributed by atoms with E-state index in [2.05, 4.69) is 17.4 Å². The number of dihydropyridines is 1. The Balaban J connectivity index is 1.58. The zero-order valence-corrected chi connectivity index (χ0v) is 22.1. The molecule has 0 unspecified atom stereocenters. The maximum absolute atomic E-state index is 13.9. The van der Waals surface area contributed by atoms with Crippen molar-refractivity contribution in [2.45, 2.75) is 58.2 Å². The smallest absolute Gasteiger partial charge is 0.337 e. The molecule has 1 N–H and O–H groups in total. The molecule has 194 valence electrons. The van der Waals surface area contributed by atoms with Gasteiger partial charge in [0.25, 0.3) is 0 Å². The van der Waals surface area contributed by atoms with Gasteiger partial charge in [0, 0.05) is 29.0 Å². The molecule has 2 atom stereocenters. The van der Waals surface area contributed by atoms with Gasteiger partial charge in [0.15, 0.2) is 5.78 Å². The molecule has 1 heterocycles. The second-order valence-corrected chi connectivity index (χ2v) is 10.2. The van der Waals surface area contributed by atoms with Gasteiger partial charge in [0.05, 0.1) is 17.6 Å². The van der Waals surface area contributed by atoms with Gasteiger partial charge in [-0.3, -0.25) is 4.79 Å². The third-order valence-electron chi connectivity index (χ3n) is 7.13. The second kappa shape index (κ2) is 11.1. The largest absolute Gasteiger partial charge is 0.489 e. The first-order valence-electron chi connectivity index (χ1n) is 13.2. The van der Waals surface area contributed by atoms with Crippen LogP contribution in [0.3, 0.4) is 0 Å². The summed E-state index contributed by atoms with van der Waals surface area (Å²) in [6.07, 6.45) is 0.797. The fourth-order valence-corrected chi connectivity index (χ4v) is 5.44. The lowest BCUT2D eigenvalue weighted by Crippen LogP contribution is -2.36. The van der Waals surface area contributed by atoms with Crippen molar-refractivity contribution >= 4 is 11.8 Å². The zero-order valence-electron chi connectivity index (χ0n) is 22.1. The SMILES string of the molecule is CC1=C(C(=O)OC(C)C)[C@H](c2ccccc2OCc2ccccc2)C2=C(C[C@H](c3ccccc3)CC2=O)N1. The number of allylic oxidation sites excluding steroid dienone is 3. The molecule has 0 aromatic heterocycles. The van der Waals surface area contributed by atoms with Crippen molar-refractivity contribution < 1.29 is 19.1 Å². The summed E-state index contributed by atoms with van der Waals surface area (Å²) < 4.78 is 12.0. The van der Waals surface area contributed by atoms with E-state index < -0.39 is 11.9 Å². The normalized spacial score (nSPS) is 19.2. The first kappa shape index (κ1) is 25.5. The Morgan fingerprint density at radius 1 is 0.921 bits per heavy atom. The molecule has 38 heavy (non-hydrogen) atoms. The topological polar surface area (TPSA) is 64.6 Å². The Kier molecular flexibility index (Phi) is 7.45. The molecule has 0 radical (unpaired) electrons. The molecular weight excluding hydrogens is 474 g/mol. The van der Waals surface area contributed by atoms with E-state index in [0.29, 0.717) is 42.0 Å². The van der Waals surface area contributed by atoms with E-state index in [9.17, 15) is 9.59 Å². The molecule has 5 nitrogen and oxygen atoms in total. The van der Waals surface area contributed by atoms with E-state index in [1.165, 1.54) is 0 Å². The highest BCUT2D eigenvalue weighted by molar-refractivity contribution is 6.04. The predicted octanol–water partition coefficient (Wildman–Crippen LogP) is 6.58. The maximum Gasteiger partial charge on any atom is 0.337 e. The first-order valence-corrected chi connectivity index (χ1v) is 13.2. The van der Waals surface area contributed by atoms with Gasteiger partial charge in [-0.05, 0) is 50.3 Å². The van der Waals surface area contributed by atoms with Crippen LogP contribution in [0.15, 0.2) is 107 Å². The number of hydrogen-bond acceptors (Lipinski definition) is 5. The predicted molar refractivity (Wildman–Crippen MR) is 147 cm³/mol. The number of carbonyl (C=O) groups is 2. The van der Waals surface area contributed by atoms with Crippen molar-refractivity contribution in [2.75, 3.05) is 0 Å². The van der Waals surface area contributed by atoms with Crippen molar-refractivity contribution in [3.05, 3.63) is 124 Å². The Labute approximate surface area is 224 Å². The lowest BCUT2D eigenvalue weighted by Gasteiger charge is -2.37. The standard InChI is InChI=1S/C33H33NO4/c1-21(2)38-33(36)30-22(3)34-27-18-25(24-14-8-5-9-15-24)19-28(35)32(27)31(30)26-16-10-11-17-29(26)37-20-23-12-6-4-7-13-23/h4-17,21,25,31,34H,18-20H2,1-3H3/t25-,31-/m0/s1. The fraction of sp³-hybridized carbons (Fsp3) is 0.273. The van der Waals surface area contributed by atoms with Crippen molar-refractivity contribution in [3.63, 3.8) is 0 Å². The third-order valence-corrected chi connectivity index (χ3v) is 7.13. The van der Waals surface area contributed by atoms with E-state index in [4.69, 9.17) is 9.47 Å². The Bertz CT molecular complexity index is 1390. The van der Waals surface area contributed by atoms with Gasteiger partial charge >= 0.3 is 5.97 Å². The van der Waals surface area contributed by atoms with Gasteiger partial charge in [-0.2, -0.15) is 0 Å². The van der Waals surface area contributed by atoms with E-state index in [1.807, 2.05) is 93.6 Å². The average Bonchev–Trinajstić information content (AvgIpc) is 2.92. The molecule has 1 aliphatic heterocycles. The van der Waals surface area contributed by atoms with Crippen LogP contribution in [0.4, 0.5) is 0 Å². The molecule has 5 heteroatoms. The number of benzene rings is 3. The lowest BCUT2D eigenvalue weighted by molar-refractivity contribution is -0.143. The molecular formula is C33H33NO4. The number of carbonyl (C=O) groups excluding carboxylic acids is 2. The van der Waals surface area contributed by atoms with Gasteiger partial charge in [0.2, 0.25) is 0 Å². The molecule has 0 fully saturated rings. The number of esters is 1. The van der Waals surface area contributed by atoms with Gasteiger partial charge in [0.1, 0.15) is 12.4 Å². The van der Waals surface area contributed by atoms with Crippen LogP contribution in [0.25, 0.3) is 0 Å². The molecule has 0 saturated heterocycles. The number of Topliss-reactive ketones (excluding diaryl/α,β-unsaturated/α-hetero) is 1. The van der Waals surface area contributed by atoms with Gasteiger partial charge < -0.3 is 14.8 Å². The van der Waals surface area contributed by atoms with E-state index >= 15 is 0 Å². The second-order valence-electron chi connectivity index (χ2n) is 10.2. The van der Waals surface area contributed by atoms with Crippen molar-refractivity contribution in [1.29, 1.82) is 0 Å². The van der Waals surface area contributed by atoms with Crippen molar-refractivity contribution in [1.82, 2.24) is 5.32 Å². The highest BCUT2D eigenvalue weighted by Crippen LogP contribution is 2.47. The number of ketones is 1. The summed E-state index contributed by atoms with van der Waals surface area (Å²) in [7, 11) is 0. The van der Waals surface area contributed by atoms with Gasteiger partial charge in [-0.1, -0.05) is 78.9 Å². The monoisotopic (exact) mass is 507 g/mol. The third kappa shape index (κ3) is 5.28. The number of hydrogen-bond donors (Lipinski definition) is 1. The number of rotatable bonds is 7. The molecule has 1 aliphatic carbocycles. The van der Waals surface area contributed by atoms with Gasteiger partial charge in [-0.25, -0.2) is 4.79 Å². The van der Waals surface area contributed by atoms with Crippen LogP contribution in [-0.2, 0) is 20.9 Å². The van der Waals surface area contributed by atoms with Crippen LogP contribution in [0.1, 0.15) is 62.1 Å².